The number of hydrogen-bond acceptors (Lipinski definition) is 6. The maximum Gasteiger partial charge on any atom is 0.328 e. The third-order valence-electron chi connectivity index (χ3n) is 3.88. The van der Waals surface area contributed by atoms with E-state index in [4.69, 9.17) is 26.8 Å². The van der Waals surface area contributed by atoms with Crippen LogP contribution in [-0.2, 0) is 24.5 Å². The van der Waals surface area contributed by atoms with Gasteiger partial charge in [0.1, 0.15) is 0 Å². The van der Waals surface area contributed by atoms with E-state index in [1.807, 2.05) is 0 Å². The second kappa shape index (κ2) is 13.1. The van der Waals surface area contributed by atoms with E-state index in [1.54, 1.807) is 32.0 Å². The molecule has 152 valence electrons. The lowest BCUT2D eigenvalue weighted by atomic mass is 9.75. The Morgan fingerprint density at radius 3 is 1.89 bits per heavy atom. The van der Waals surface area contributed by atoms with E-state index in [-0.39, 0.29) is 34.5 Å². The summed E-state index contributed by atoms with van der Waals surface area (Å²) in [4.78, 5) is 25.6. The predicted molar refractivity (Wildman–Crippen MR) is 108 cm³/mol. The van der Waals surface area contributed by atoms with Crippen molar-refractivity contribution >= 4 is 19.8 Å². The summed E-state index contributed by atoms with van der Waals surface area (Å²) in [6.45, 7) is 3.67. The van der Waals surface area contributed by atoms with Crippen molar-refractivity contribution in [2.24, 2.45) is 0 Å². The quantitative estimate of drug-likeness (QED) is 0.350. The first-order valence-electron chi connectivity index (χ1n) is 8.28. The molecule has 1 rings (SSSR count). The van der Waals surface area contributed by atoms with E-state index < -0.39 is 17.4 Å². The van der Waals surface area contributed by atoms with Gasteiger partial charge in [0, 0.05) is 0 Å². The van der Waals surface area contributed by atoms with Crippen molar-refractivity contribution in [2.45, 2.75) is 53.3 Å². The highest BCUT2D eigenvalue weighted by molar-refractivity contribution is 6.09. The third kappa shape index (κ3) is 5.91. The van der Waals surface area contributed by atoms with Crippen LogP contribution in [-0.4, -0.2) is 47.2 Å². The Bertz CT molecular complexity index is 570. The molecule has 0 N–H and O–H groups in total. The van der Waals surface area contributed by atoms with Crippen molar-refractivity contribution in [3.05, 3.63) is 23.8 Å². The van der Waals surface area contributed by atoms with Crippen molar-refractivity contribution in [2.75, 3.05) is 27.4 Å². The highest BCUT2D eigenvalue weighted by atomic mass is 16.6. The van der Waals surface area contributed by atoms with E-state index in [1.165, 1.54) is 14.2 Å². The van der Waals surface area contributed by atoms with Gasteiger partial charge in [-0.15, -0.1) is 0 Å². The molecule has 27 heavy (non-hydrogen) atoms. The first-order chi connectivity index (χ1) is 12.0. The lowest BCUT2D eigenvalue weighted by molar-refractivity contribution is -0.165. The van der Waals surface area contributed by atoms with E-state index in [9.17, 15) is 9.59 Å². The molecule has 0 unspecified atom stereocenters. The minimum atomic E-state index is -1.59. The van der Waals surface area contributed by atoms with Crippen LogP contribution in [0.2, 0.25) is 6.32 Å². The van der Waals surface area contributed by atoms with Crippen LogP contribution >= 0.6 is 0 Å². The highest BCUT2D eigenvalue weighted by Crippen LogP contribution is 2.38. The molecule has 0 amide bonds. The van der Waals surface area contributed by atoms with E-state index >= 15 is 0 Å². The fraction of sp³-hybridized carbons (Fsp3) is 0.600. The smallest absolute Gasteiger partial charge is 0.328 e. The lowest BCUT2D eigenvalue weighted by Crippen LogP contribution is -2.46. The molecule has 0 atom stereocenters. The van der Waals surface area contributed by atoms with Gasteiger partial charge in [-0.3, -0.25) is 9.59 Å². The van der Waals surface area contributed by atoms with Crippen LogP contribution in [0.15, 0.2) is 18.2 Å². The topological polar surface area (TPSA) is 71.1 Å². The first-order valence-corrected chi connectivity index (χ1v) is 8.28. The number of esters is 2. The van der Waals surface area contributed by atoms with Gasteiger partial charge in [0.05, 0.1) is 35.3 Å². The Hall–Kier alpha value is -2.18. The Kier molecular flexibility index (Phi) is 13.1. The average molecular weight is 380 g/mol. The van der Waals surface area contributed by atoms with E-state index in [0.717, 1.165) is 0 Å². The number of carbonyl (C=O) groups is 2. The van der Waals surface area contributed by atoms with Crippen molar-refractivity contribution in [3.63, 3.8) is 0 Å². The van der Waals surface area contributed by atoms with E-state index in [2.05, 4.69) is 0 Å². The third-order valence-corrected chi connectivity index (χ3v) is 3.88. The van der Waals surface area contributed by atoms with Crippen LogP contribution in [0, 0.1) is 0 Å². The van der Waals surface area contributed by atoms with Crippen molar-refractivity contribution in [3.8, 4) is 11.5 Å². The standard InChI is InChI=1S/C18H25BO6.2CH4/c1-5-24-16(20)18(10-7-11-19,17(21)25-6-2)13-8-9-14(22-3)15(12-13)23-4;;/h8-9,12H,5-7,10-11H2,1-4H3;2*1H4. The molecule has 0 bridgehead atoms. The molecular weight excluding hydrogens is 347 g/mol. The van der Waals surface area contributed by atoms with Crippen molar-refractivity contribution < 1.29 is 28.5 Å². The summed E-state index contributed by atoms with van der Waals surface area (Å²) < 4.78 is 20.9. The van der Waals surface area contributed by atoms with Crippen LogP contribution in [0.4, 0.5) is 0 Å². The molecule has 0 saturated heterocycles. The molecule has 0 saturated carbocycles. The zero-order valence-corrected chi connectivity index (χ0v) is 15.3. The minimum absolute atomic E-state index is 0. The molecule has 1 aromatic rings. The van der Waals surface area contributed by atoms with Gasteiger partial charge >= 0.3 is 11.9 Å². The first kappa shape index (κ1) is 27.0. The molecule has 1 aromatic carbocycles. The summed E-state index contributed by atoms with van der Waals surface area (Å²) in [5.41, 5.74) is -1.17. The molecule has 2 radical (unpaired) electrons. The molecule has 0 aliphatic carbocycles. The Morgan fingerprint density at radius 2 is 1.48 bits per heavy atom. The normalized spacial score (nSPS) is 10.1. The zero-order chi connectivity index (χ0) is 18.9. The van der Waals surface area contributed by atoms with Crippen LogP contribution < -0.4 is 9.47 Å². The minimum Gasteiger partial charge on any atom is -0.493 e. The molecule has 0 aliphatic rings. The largest absolute Gasteiger partial charge is 0.493 e. The number of carbonyl (C=O) groups excluding carboxylic acids is 2. The molecule has 0 fully saturated rings. The summed E-state index contributed by atoms with van der Waals surface area (Å²) in [6.07, 6.45) is 0.955. The van der Waals surface area contributed by atoms with Gasteiger partial charge in [0.2, 0.25) is 0 Å². The second-order valence-corrected chi connectivity index (χ2v) is 5.31. The fourth-order valence-corrected chi connectivity index (χ4v) is 2.64. The van der Waals surface area contributed by atoms with Gasteiger partial charge in [-0.2, -0.15) is 0 Å². The molecule has 0 aromatic heterocycles. The molecule has 0 heterocycles. The lowest BCUT2D eigenvalue weighted by Gasteiger charge is -2.30. The Balaban J connectivity index is 0. The number of methoxy groups -OCH3 is 2. The highest BCUT2D eigenvalue weighted by Gasteiger charge is 2.50. The van der Waals surface area contributed by atoms with Crippen LogP contribution in [0.1, 0.15) is 47.1 Å². The van der Waals surface area contributed by atoms with E-state index in [0.29, 0.717) is 29.8 Å². The number of benzene rings is 1. The summed E-state index contributed by atoms with van der Waals surface area (Å²) >= 11 is 0. The molecule has 7 heteroatoms. The van der Waals surface area contributed by atoms with Gasteiger partial charge < -0.3 is 18.9 Å². The second-order valence-electron chi connectivity index (χ2n) is 5.31. The van der Waals surface area contributed by atoms with Crippen LogP contribution in [0.25, 0.3) is 0 Å². The molecule has 0 spiro atoms. The predicted octanol–water partition coefficient (Wildman–Crippen LogP) is 3.71. The molecular formula is C20H33BO6. The average Bonchev–Trinajstić information content (AvgIpc) is 2.62. The molecule has 0 aliphatic heterocycles. The van der Waals surface area contributed by atoms with Crippen LogP contribution in [0.5, 0.6) is 11.5 Å². The SMILES string of the molecule is C.C.[B]CCCC(C(=O)OCC)(C(=O)OCC)c1ccc(OC)c(OC)c1. The summed E-state index contributed by atoms with van der Waals surface area (Å²) in [5.74, 6) is -0.416. The van der Waals surface area contributed by atoms with Gasteiger partial charge in [-0.1, -0.05) is 33.7 Å². The van der Waals surface area contributed by atoms with Crippen molar-refractivity contribution in [1.29, 1.82) is 0 Å². The summed E-state index contributed by atoms with van der Waals surface area (Å²) in [6, 6.07) is 4.89. The van der Waals surface area contributed by atoms with Gasteiger partial charge in [-0.05, 0) is 38.0 Å². The number of rotatable bonds is 10. The summed E-state index contributed by atoms with van der Waals surface area (Å²) in [5, 5.41) is 0. The van der Waals surface area contributed by atoms with Gasteiger partial charge in [-0.25, -0.2) is 0 Å². The molecule has 6 nitrogen and oxygen atoms in total. The monoisotopic (exact) mass is 380 g/mol. The van der Waals surface area contributed by atoms with Gasteiger partial charge in [0.15, 0.2) is 16.9 Å². The maximum atomic E-state index is 12.8. The van der Waals surface area contributed by atoms with Crippen molar-refractivity contribution in [1.82, 2.24) is 0 Å². The number of hydrogen-bond donors (Lipinski definition) is 0. The Labute approximate surface area is 164 Å². The maximum absolute atomic E-state index is 12.8. The van der Waals surface area contributed by atoms with Gasteiger partial charge in [0.25, 0.3) is 0 Å². The number of ether oxygens (including phenoxy) is 4. The zero-order valence-electron chi connectivity index (χ0n) is 15.3. The Morgan fingerprint density at radius 1 is 0.963 bits per heavy atom. The summed E-state index contributed by atoms with van der Waals surface area (Å²) in [7, 11) is 8.61. The fourth-order valence-electron chi connectivity index (χ4n) is 2.64. The van der Waals surface area contributed by atoms with Crippen LogP contribution in [0.3, 0.4) is 0 Å².